The van der Waals surface area contributed by atoms with Crippen LogP contribution in [0.2, 0.25) is 0 Å². The fourth-order valence-corrected chi connectivity index (χ4v) is 1.67. The molecule has 0 amide bonds. The number of hydrogen-bond acceptors (Lipinski definition) is 3. The van der Waals surface area contributed by atoms with Gasteiger partial charge in [-0.1, -0.05) is 20.8 Å². The Balaban J connectivity index is 2.81. The van der Waals surface area contributed by atoms with Crippen LogP contribution < -0.4 is 5.56 Å². The second-order valence-corrected chi connectivity index (χ2v) is 4.96. The van der Waals surface area contributed by atoms with E-state index in [0.717, 1.165) is 5.69 Å². The Kier molecular flexibility index (Phi) is 2.50. The molecule has 6 heteroatoms. The second kappa shape index (κ2) is 3.59. The maximum atomic E-state index is 11.7. The van der Waals surface area contributed by atoms with Gasteiger partial charge in [-0.2, -0.15) is 5.10 Å². The van der Waals surface area contributed by atoms with Crippen molar-refractivity contribution in [1.82, 2.24) is 20.2 Å². The van der Waals surface area contributed by atoms with E-state index >= 15 is 0 Å². The molecule has 2 N–H and O–H groups in total. The topological polar surface area (TPSA) is 74.4 Å². The highest BCUT2D eigenvalue weighted by Gasteiger charge is 2.22. The minimum absolute atomic E-state index is 0.140. The molecule has 0 fully saturated rings. The van der Waals surface area contributed by atoms with E-state index < -0.39 is 0 Å². The Bertz CT molecular complexity index is 578. The van der Waals surface area contributed by atoms with Crippen molar-refractivity contribution >= 4 is 22.6 Å². The molecule has 0 aromatic carbocycles. The average molecular weight is 241 g/mol. The van der Waals surface area contributed by atoms with Crippen LogP contribution in [0.1, 0.15) is 32.3 Å². The van der Waals surface area contributed by atoms with Gasteiger partial charge in [-0.05, 0) is 0 Å². The van der Waals surface area contributed by atoms with Gasteiger partial charge in [0.1, 0.15) is 11.3 Å². The van der Waals surface area contributed by atoms with Crippen LogP contribution >= 0.6 is 11.6 Å². The lowest BCUT2D eigenvalue weighted by Gasteiger charge is -2.15. The van der Waals surface area contributed by atoms with E-state index in [4.69, 9.17) is 11.6 Å². The first-order valence-electron chi connectivity index (χ1n) is 4.97. The molecule has 0 saturated heterocycles. The number of nitrogens with one attached hydrogen (secondary N) is 2. The van der Waals surface area contributed by atoms with Gasteiger partial charge in [0.25, 0.3) is 5.56 Å². The zero-order valence-corrected chi connectivity index (χ0v) is 10.1. The molecule has 0 aliphatic carbocycles. The molecule has 0 spiro atoms. The molecule has 2 aromatic heterocycles. The highest BCUT2D eigenvalue weighted by Crippen LogP contribution is 2.24. The van der Waals surface area contributed by atoms with E-state index in [1.54, 1.807) is 0 Å². The number of fused-ring (bicyclic) bond motifs is 1. The molecule has 0 radical (unpaired) electrons. The van der Waals surface area contributed by atoms with Crippen molar-refractivity contribution in [3.63, 3.8) is 0 Å². The summed E-state index contributed by atoms with van der Waals surface area (Å²) in [5.74, 6) is 0.644. The van der Waals surface area contributed by atoms with Crippen molar-refractivity contribution in [3.05, 3.63) is 21.9 Å². The third kappa shape index (κ3) is 1.71. The summed E-state index contributed by atoms with van der Waals surface area (Å²) in [5, 5.41) is 6.86. The van der Waals surface area contributed by atoms with Gasteiger partial charge in [0.2, 0.25) is 0 Å². The summed E-state index contributed by atoms with van der Waals surface area (Å²) in [6, 6.07) is 0. The number of aromatic amines is 2. The van der Waals surface area contributed by atoms with Gasteiger partial charge >= 0.3 is 0 Å². The molecule has 0 aliphatic rings. The third-order valence-corrected chi connectivity index (χ3v) is 2.59. The molecule has 2 heterocycles. The fourth-order valence-electron chi connectivity index (χ4n) is 1.54. The highest BCUT2D eigenvalue weighted by atomic mass is 35.5. The summed E-state index contributed by atoms with van der Waals surface area (Å²) in [6.45, 7) is 6.09. The Labute approximate surface area is 97.2 Å². The number of nitrogens with zero attached hydrogens (tertiary/aromatic N) is 2. The molecule has 16 heavy (non-hydrogen) atoms. The number of halogens is 1. The van der Waals surface area contributed by atoms with E-state index in [0.29, 0.717) is 16.9 Å². The first-order chi connectivity index (χ1) is 7.43. The smallest absolute Gasteiger partial charge is 0.279 e. The number of hydrogen-bond donors (Lipinski definition) is 2. The van der Waals surface area contributed by atoms with E-state index in [-0.39, 0.29) is 16.9 Å². The molecule has 5 nitrogen and oxygen atoms in total. The summed E-state index contributed by atoms with van der Waals surface area (Å²) in [5.41, 5.74) is 1.39. The predicted octanol–water partition coefficient (Wildman–Crippen LogP) is 1.68. The van der Waals surface area contributed by atoms with E-state index in [1.807, 2.05) is 20.8 Å². The average Bonchev–Trinajstić information content (AvgIpc) is 2.60. The van der Waals surface area contributed by atoms with Crippen molar-refractivity contribution in [2.45, 2.75) is 32.1 Å². The van der Waals surface area contributed by atoms with E-state index in [9.17, 15) is 4.79 Å². The van der Waals surface area contributed by atoms with Gasteiger partial charge < -0.3 is 4.98 Å². The Morgan fingerprint density at radius 1 is 1.31 bits per heavy atom. The van der Waals surface area contributed by atoms with Crippen LogP contribution in [0.25, 0.3) is 11.0 Å². The summed E-state index contributed by atoms with van der Waals surface area (Å²) in [4.78, 5) is 18.5. The van der Waals surface area contributed by atoms with Crippen LogP contribution in [0.4, 0.5) is 0 Å². The Morgan fingerprint density at radius 3 is 2.56 bits per heavy atom. The van der Waals surface area contributed by atoms with Gasteiger partial charge in [0.15, 0.2) is 5.52 Å². The molecule has 0 atom stereocenters. The predicted molar refractivity (Wildman–Crippen MR) is 62.8 cm³/mol. The maximum absolute atomic E-state index is 11.7. The van der Waals surface area contributed by atoms with Gasteiger partial charge in [0.05, 0.1) is 11.6 Å². The van der Waals surface area contributed by atoms with Crippen LogP contribution in [0.15, 0.2) is 4.79 Å². The van der Waals surface area contributed by atoms with Crippen molar-refractivity contribution in [2.75, 3.05) is 0 Å². The van der Waals surface area contributed by atoms with Crippen molar-refractivity contribution < 1.29 is 0 Å². The fraction of sp³-hybridized carbons (Fsp3) is 0.500. The SMILES string of the molecule is CC(C)(C)c1[nH]nc2c(=O)[nH]c(CCl)nc12. The lowest BCUT2D eigenvalue weighted by molar-refractivity contribution is 0.570. The van der Waals surface area contributed by atoms with Gasteiger partial charge in [-0.25, -0.2) is 4.98 Å². The number of aromatic nitrogens is 4. The van der Waals surface area contributed by atoms with Crippen molar-refractivity contribution in [3.8, 4) is 0 Å². The Hall–Kier alpha value is -1.36. The van der Waals surface area contributed by atoms with Crippen molar-refractivity contribution in [2.24, 2.45) is 0 Å². The molecule has 0 aliphatic heterocycles. The van der Waals surface area contributed by atoms with Crippen molar-refractivity contribution in [1.29, 1.82) is 0 Å². The number of alkyl halides is 1. The molecule has 0 bridgehead atoms. The lowest BCUT2D eigenvalue weighted by atomic mass is 9.91. The minimum atomic E-state index is -0.257. The molecule has 2 rings (SSSR count). The standard InChI is InChI=1S/C10H13ClN4O/c1-10(2,3)8-6-7(14-15-8)9(16)13-5(4-11)12-6/h4H2,1-3H3,(H,14,15)(H,12,13,16). The zero-order valence-electron chi connectivity index (χ0n) is 9.39. The molecule has 0 unspecified atom stereocenters. The van der Waals surface area contributed by atoms with Gasteiger partial charge in [0, 0.05) is 5.41 Å². The summed E-state index contributed by atoms with van der Waals surface area (Å²) in [6.07, 6.45) is 0. The molecular weight excluding hydrogens is 228 g/mol. The van der Waals surface area contributed by atoms with Crippen LogP contribution in [-0.2, 0) is 11.3 Å². The normalized spacial score (nSPS) is 12.2. The summed E-state index contributed by atoms with van der Waals surface area (Å²) >= 11 is 5.67. The second-order valence-electron chi connectivity index (χ2n) is 4.69. The molecule has 2 aromatic rings. The molecule has 0 saturated carbocycles. The summed E-state index contributed by atoms with van der Waals surface area (Å²) < 4.78 is 0. The van der Waals surface area contributed by atoms with E-state index in [2.05, 4.69) is 20.2 Å². The zero-order chi connectivity index (χ0) is 11.9. The minimum Gasteiger partial charge on any atom is -0.308 e. The van der Waals surface area contributed by atoms with E-state index in [1.165, 1.54) is 0 Å². The van der Waals surface area contributed by atoms with Crippen LogP contribution in [0.3, 0.4) is 0 Å². The first kappa shape index (κ1) is 11.1. The van der Waals surface area contributed by atoms with Gasteiger partial charge in [-0.3, -0.25) is 9.89 Å². The van der Waals surface area contributed by atoms with Gasteiger partial charge in [-0.15, -0.1) is 11.6 Å². The number of rotatable bonds is 1. The van der Waals surface area contributed by atoms with Crippen LogP contribution in [0.5, 0.6) is 0 Å². The summed E-state index contributed by atoms with van der Waals surface area (Å²) in [7, 11) is 0. The number of H-pyrrole nitrogens is 2. The largest absolute Gasteiger partial charge is 0.308 e. The monoisotopic (exact) mass is 240 g/mol. The maximum Gasteiger partial charge on any atom is 0.279 e. The quantitative estimate of drug-likeness (QED) is 0.745. The van der Waals surface area contributed by atoms with Crippen LogP contribution in [0, 0.1) is 0 Å². The highest BCUT2D eigenvalue weighted by molar-refractivity contribution is 6.16. The molecule has 86 valence electrons. The first-order valence-corrected chi connectivity index (χ1v) is 5.50. The lowest BCUT2D eigenvalue weighted by Crippen LogP contribution is -2.15. The Morgan fingerprint density at radius 2 is 2.00 bits per heavy atom. The third-order valence-electron chi connectivity index (χ3n) is 2.34. The molecular formula is C10H13ClN4O. The van der Waals surface area contributed by atoms with Crippen LogP contribution in [-0.4, -0.2) is 20.2 Å².